The molecule has 40 heavy (non-hydrogen) atoms. The predicted octanol–water partition coefficient (Wildman–Crippen LogP) is 6.76. The first-order valence-electron chi connectivity index (χ1n) is 13.9. The summed E-state index contributed by atoms with van der Waals surface area (Å²) in [4.78, 5) is 10.2. The Kier molecular flexibility index (Phi) is 7.47. The average molecular weight is 585 g/mol. The molecule has 11 heteroatoms. The van der Waals surface area contributed by atoms with Crippen molar-refractivity contribution in [1.29, 1.82) is 0 Å². The van der Waals surface area contributed by atoms with E-state index < -0.39 is 48.7 Å². The van der Waals surface area contributed by atoms with E-state index in [2.05, 4.69) is 30.2 Å². The van der Waals surface area contributed by atoms with Gasteiger partial charge >= 0.3 is 0 Å². The van der Waals surface area contributed by atoms with Gasteiger partial charge in [-0.1, -0.05) is 29.7 Å². The van der Waals surface area contributed by atoms with Crippen molar-refractivity contribution in [1.82, 2.24) is 0 Å². The van der Waals surface area contributed by atoms with Crippen molar-refractivity contribution in [2.75, 3.05) is 14.2 Å². The summed E-state index contributed by atoms with van der Waals surface area (Å²) in [5.74, 6) is -9.11. The van der Waals surface area contributed by atoms with Crippen LogP contribution in [0.4, 0.5) is 22.0 Å². The molecule has 0 aliphatic heterocycles. The largest absolute Gasteiger partial charge is 0.409 e. The molecule has 6 unspecified atom stereocenters. The molecule has 4 aliphatic carbocycles. The standard InChI is InChI=1S/C29H37F5N2O3Si/c1-28-12-11-16(35-37-3)13-15(28)7-8-17-18-9-10-20(36-38-4)29(18,2)14-19(21(17)28)39-40(5,6)27-25(33)23(31)22(30)24(32)26(27)34/h13,17-19,21H,7-12,14H2,1-6H3/b35-16+,36-20+. The highest BCUT2D eigenvalue weighted by Crippen LogP contribution is 2.65. The first-order valence-corrected chi connectivity index (χ1v) is 16.8. The molecule has 0 bridgehead atoms. The van der Waals surface area contributed by atoms with E-state index in [0.29, 0.717) is 18.8 Å². The van der Waals surface area contributed by atoms with Gasteiger partial charge in [-0.05, 0) is 87.3 Å². The zero-order valence-corrected chi connectivity index (χ0v) is 24.8. The average Bonchev–Trinajstić information content (AvgIpc) is 3.22. The van der Waals surface area contributed by atoms with E-state index in [1.54, 1.807) is 0 Å². The van der Waals surface area contributed by atoms with E-state index >= 15 is 8.78 Å². The molecule has 0 radical (unpaired) electrons. The molecule has 0 aromatic heterocycles. The highest BCUT2D eigenvalue weighted by Gasteiger charge is 2.62. The van der Waals surface area contributed by atoms with E-state index in [0.717, 1.165) is 43.5 Å². The topological polar surface area (TPSA) is 52.4 Å². The Hall–Kier alpha value is -2.27. The molecular formula is C29H37F5N2O3Si. The molecule has 220 valence electrons. The van der Waals surface area contributed by atoms with Gasteiger partial charge in [-0.25, -0.2) is 22.0 Å². The van der Waals surface area contributed by atoms with Crippen LogP contribution < -0.4 is 5.19 Å². The molecular weight excluding hydrogens is 547 g/mol. The fourth-order valence-electron chi connectivity index (χ4n) is 8.58. The maximum atomic E-state index is 15.1. The summed E-state index contributed by atoms with van der Waals surface area (Å²) in [5.41, 5.74) is 2.42. The van der Waals surface area contributed by atoms with Gasteiger partial charge in [0.1, 0.15) is 14.2 Å². The third kappa shape index (κ3) is 4.33. The van der Waals surface area contributed by atoms with Gasteiger partial charge < -0.3 is 14.1 Å². The minimum absolute atomic E-state index is 0.00963. The van der Waals surface area contributed by atoms with Crippen LogP contribution in [-0.4, -0.2) is 40.1 Å². The van der Waals surface area contributed by atoms with Crippen molar-refractivity contribution in [3.63, 3.8) is 0 Å². The molecule has 0 saturated heterocycles. The smallest absolute Gasteiger partial charge is 0.225 e. The summed E-state index contributed by atoms with van der Waals surface area (Å²) in [6, 6.07) is 0. The third-order valence-corrected chi connectivity index (χ3v) is 12.8. The van der Waals surface area contributed by atoms with Gasteiger partial charge in [-0.2, -0.15) is 0 Å². The number of allylic oxidation sites excluding steroid dienone is 2. The van der Waals surface area contributed by atoms with Crippen molar-refractivity contribution < 1.29 is 36.1 Å². The second-order valence-electron chi connectivity index (χ2n) is 12.7. The minimum atomic E-state index is -3.68. The van der Waals surface area contributed by atoms with Gasteiger partial charge in [0.05, 0.1) is 17.5 Å². The summed E-state index contributed by atoms with van der Waals surface area (Å²) >= 11 is 0. The maximum Gasteiger partial charge on any atom is 0.225 e. The minimum Gasteiger partial charge on any atom is -0.409 e. The molecule has 6 atom stereocenters. The molecule has 1 aromatic carbocycles. The van der Waals surface area contributed by atoms with E-state index in [4.69, 9.17) is 14.1 Å². The number of benzene rings is 1. The third-order valence-electron chi connectivity index (χ3n) is 10.3. The Morgan fingerprint density at radius 2 is 1.45 bits per heavy atom. The number of rotatable bonds is 5. The zero-order chi connectivity index (χ0) is 29.2. The zero-order valence-electron chi connectivity index (χ0n) is 23.8. The Labute approximate surface area is 232 Å². The van der Waals surface area contributed by atoms with Crippen LogP contribution in [0.15, 0.2) is 22.0 Å². The number of fused-ring (bicyclic) bond motifs is 5. The van der Waals surface area contributed by atoms with Crippen molar-refractivity contribution in [2.45, 2.75) is 78.0 Å². The van der Waals surface area contributed by atoms with Gasteiger partial charge in [0.25, 0.3) is 0 Å². The van der Waals surface area contributed by atoms with Gasteiger partial charge in [0.15, 0.2) is 23.3 Å². The van der Waals surface area contributed by atoms with Crippen molar-refractivity contribution in [2.24, 2.45) is 38.9 Å². The number of nitrogens with zero attached hydrogens (tertiary/aromatic N) is 2. The van der Waals surface area contributed by atoms with Crippen LogP contribution in [0.2, 0.25) is 13.1 Å². The Morgan fingerprint density at radius 3 is 2.08 bits per heavy atom. The Morgan fingerprint density at radius 1 is 0.825 bits per heavy atom. The summed E-state index contributed by atoms with van der Waals surface area (Å²) in [7, 11) is -0.645. The number of hydrogen-bond acceptors (Lipinski definition) is 5. The number of hydrogen-bond donors (Lipinski definition) is 0. The van der Waals surface area contributed by atoms with Crippen LogP contribution in [-0.2, 0) is 14.1 Å². The Bertz CT molecular complexity index is 1270. The molecule has 0 spiro atoms. The SMILES string of the molecule is CO/N=C1/C=C2CCC3C(C(O[Si](C)(C)c4c(F)c(F)c(F)c(F)c4F)CC4(C)/C(=N/OC)CCC34)C2(C)CC1. The quantitative estimate of drug-likeness (QED) is 0.126. The molecule has 5 nitrogen and oxygen atoms in total. The normalized spacial score (nSPS) is 35.7. The summed E-state index contributed by atoms with van der Waals surface area (Å²) in [5, 5.41) is 7.71. The van der Waals surface area contributed by atoms with Crippen molar-refractivity contribution >= 4 is 24.9 Å². The Balaban J connectivity index is 1.62. The molecule has 5 rings (SSSR count). The van der Waals surface area contributed by atoms with Crippen LogP contribution >= 0.6 is 0 Å². The molecule has 1 aromatic rings. The lowest BCUT2D eigenvalue weighted by atomic mass is 9.46. The first-order chi connectivity index (χ1) is 18.8. The monoisotopic (exact) mass is 584 g/mol. The lowest BCUT2D eigenvalue weighted by molar-refractivity contribution is -0.0950. The first kappa shape index (κ1) is 29.2. The number of halogens is 5. The molecule has 4 aliphatic rings. The van der Waals surface area contributed by atoms with E-state index in [1.165, 1.54) is 32.9 Å². The van der Waals surface area contributed by atoms with Gasteiger partial charge in [-0.3, -0.25) is 0 Å². The summed E-state index contributed by atoms with van der Waals surface area (Å²) < 4.78 is 79.3. The van der Waals surface area contributed by atoms with Crippen LogP contribution in [0.5, 0.6) is 0 Å². The van der Waals surface area contributed by atoms with Crippen molar-refractivity contribution in [3.05, 3.63) is 40.7 Å². The van der Waals surface area contributed by atoms with Gasteiger partial charge in [0.2, 0.25) is 14.1 Å². The highest BCUT2D eigenvalue weighted by atomic mass is 28.4. The molecule has 3 saturated carbocycles. The fraction of sp³-hybridized carbons (Fsp3) is 0.655. The lowest BCUT2D eigenvalue weighted by Crippen LogP contribution is -2.61. The molecule has 0 amide bonds. The van der Waals surface area contributed by atoms with Crippen molar-refractivity contribution in [3.8, 4) is 0 Å². The fourth-order valence-corrected chi connectivity index (χ4v) is 11.0. The second-order valence-corrected chi connectivity index (χ2v) is 16.4. The molecule has 0 N–H and O–H groups in total. The molecule has 0 heterocycles. The summed E-state index contributed by atoms with van der Waals surface area (Å²) in [6.07, 6.45) is 7.17. The predicted molar refractivity (Wildman–Crippen MR) is 144 cm³/mol. The van der Waals surface area contributed by atoms with E-state index in [-0.39, 0.29) is 22.7 Å². The van der Waals surface area contributed by atoms with E-state index in [9.17, 15) is 13.2 Å². The number of oxime groups is 2. The highest BCUT2D eigenvalue weighted by molar-refractivity contribution is 6.84. The lowest BCUT2D eigenvalue weighted by Gasteiger charge is -2.60. The maximum absolute atomic E-state index is 15.1. The van der Waals surface area contributed by atoms with Crippen LogP contribution in [0.3, 0.4) is 0 Å². The van der Waals surface area contributed by atoms with Gasteiger partial charge in [0, 0.05) is 10.6 Å². The second kappa shape index (κ2) is 10.2. The molecule has 3 fully saturated rings. The summed E-state index contributed by atoms with van der Waals surface area (Å²) in [6.45, 7) is 7.41. The van der Waals surface area contributed by atoms with Crippen LogP contribution in [0.25, 0.3) is 0 Å². The van der Waals surface area contributed by atoms with E-state index in [1.807, 2.05) is 0 Å². The van der Waals surface area contributed by atoms with Gasteiger partial charge in [-0.15, -0.1) is 0 Å². The van der Waals surface area contributed by atoms with Crippen LogP contribution in [0.1, 0.15) is 58.8 Å². The van der Waals surface area contributed by atoms with Crippen LogP contribution in [0, 0.1) is 57.7 Å².